The molecule has 2 rings (SSSR count). The molecule has 6 heteroatoms. The van der Waals surface area contributed by atoms with Crippen LogP contribution in [0.15, 0.2) is 29.3 Å². The van der Waals surface area contributed by atoms with Gasteiger partial charge in [-0.2, -0.15) is 5.26 Å². The fraction of sp³-hybridized carbons (Fsp3) is 0.467. The van der Waals surface area contributed by atoms with Crippen molar-refractivity contribution in [2.75, 3.05) is 24.2 Å². The lowest BCUT2D eigenvalue weighted by Gasteiger charge is -2.36. The van der Waals surface area contributed by atoms with Gasteiger partial charge in [-0.05, 0) is 44.4 Å². The molecule has 1 saturated heterocycles. The molecule has 0 aliphatic carbocycles. The van der Waals surface area contributed by atoms with Crippen LogP contribution in [0.5, 0.6) is 0 Å². The molecule has 21 heavy (non-hydrogen) atoms. The van der Waals surface area contributed by atoms with Crippen molar-refractivity contribution in [3.8, 4) is 6.19 Å². The average molecular weight is 304 g/mol. The summed E-state index contributed by atoms with van der Waals surface area (Å²) in [7, 11) is 0. The first-order valence-corrected chi connectivity index (χ1v) is 8.13. The number of aliphatic imine (C=N–C) groups is 1. The van der Waals surface area contributed by atoms with Gasteiger partial charge in [0.1, 0.15) is 0 Å². The van der Waals surface area contributed by atoms with E-state index in [1.165, 1.54) is 17.4 Å². The predicted octanol–water partition coefficient (Wildman–Crippen LogP) is 2.72. The van der Waals surface area contributed by atoms with Crippen molar-refractivity contribution < 1.29 is 4.74 Å². The summed E-state index contributed by atoms with van der Waals surface area (Å²) in [5.41, 5.74) is 2.01. The highest BCUT2D eigenvalue weighted by Crippen LogP contribution is 2.23. The highest BCUT2D eigenvalue weighted by Gasteiger charge is 2.22. The summed E-state index contributed by atoms with van der Waals surface area (Å²) in [4.78, 5) is 6.71. The second-order valence-corrected chi connectivity index (χ2v) is 5.83. The van der Waals surface area contributed by atoms with Gasteiger partial charge in [0.25, 0.3) is 0 Å². The van der Waals surface area contributed by atoms with Crippen molar-refractivity contribution >= 4 is 28.3 Å². The van der Waals surface area contributed by atoms with Gasteiger partial charge < -0.3 is 9.64 Å². The van der Waals surface area contributed by atoms with E-state index < -0.39 is 0 Å². The number of hydrogen-bond acceptors (Lipinski definition) is 5. The Morgan fingerprint density at radius 2 is 1.95 bits per heavy atom. The van der Waals surface area contributed by atoms with Gasteiger partial charge in [0, 0.05) is 18.8 Å². The third kappa shape index (κ3) is 4.38. The molecule has 112 valence electrons. The van der Waals surface area contributed by atoms with Crippen LogP contribution in [0.2, 0.25) is 0 Å². The number of morpholine rings is 1. The van der Waals surface area contributed by atoms with E-state index in [1.54, 1.807) is 0 Å². The van der Waals surface area contributed by atoms with E-state index in [0.717, 1.165) is 18.8 Å². The molecular formula is C15H20N4OS. The zero-order valence-corrected chi connectivity index (χ0v) is 13.4. The first kappa shape index (κ1) is 15.7. The Labute approximate surface area is 130 Å². The van der Waals surface area contributed by atoms with Gasteiger partial charge in [0.15, 0.2) is 11.4 Å². The SMILES string of the molecule is CSC(=Nc1ccc(N2CC(C)OC(C)C2)cc1)NC#N. The first-order valence-electron chi connectivity index (χ1n) is 6.90. The molecular weight excluding hydrogens is 284 g/mol. The predicted molar refractivity (Wildman–Crippen MR) is 88.0 cm³/mol. The van der Waals surface area contributed by atoms with Crippen LogP contribution in [-0.2, 0) is 4.74 Å². The normalized spacial score (nSPS) is 22.8. The molecule has 1 heterocycles. The number of ether oxygens (including phenoxy) is 1. The number of nitrogens with zero attached hydrogens (tertiary/aromatic N) is 3. The number of nitrogens with one attached hydrogen (secondary N) is 1. The number of benzene rings is 1. The Hall–Kier alpha value is -1.71. The van der Waals surface area contributed by atoms with E-state index in [-0.39, 0.29) is 12.2 Å². The van der Waals surface area contributed by atoms with Crippen molar-refractivity contribution in [3.05, 3.63) is 24.3 Å². The third-order valence-electron chi connectivity index (χ3n) is 3.22. The molecule has 1 aliphatic rings. The Kier molecular flexibility index (Phi) is 5.48. The van der Waals surface area contributed by atoms with E-state index in [1.807, 2.05) is 24.6 Å². The number of thioether (sulfide) groups is 1. The standard InChI is InChI=1S/C15H20N4OS/c1-11-8-19(9-12(2)20-11)14-6-4-13(5-7-14)18-15(21-3)17-10-16/h4-7,11-12H,8-9H2,1-3H3,(H,17,18). The Balaban J connectivity index is 2.10. The van der Waals surface area contributed by atoms with E-state index in [4.69, 9.17) is 10.00 Å². The number of rotatable bonds is 2. The van der Waals surface area contributed by atoms with E-state index >= 15 is 0 Å². The minimum absolute atomic E-state index is 0.245. The van der Waals surface area contributed by atoms with Gasteiger partial charge in [-0.3, -0.25) is 5.32 Å². The number of anilines is 1. The minimum atomic E-state index is 0.245. The second kappa shape index (κ2) is 7.34. The third-order valence-corrected chi connectivity index (χ3v) is 3.80. The molecule has 0 saturated carbocycles. The Bertz CT molecular complexity index is 528. The van der Waals surface area contributed by atoms with Crippen LogP contribution in [0.25, 0.3) is 0 Å². The summed E-state index contributed by atoms with van der Waals surface area (Å²) in [6.07, 6.45) is 4.26. The van der Waals surface area contributed by atoms with Crippen LogP contribution in [-0.4, -0.2) is 36.7 Å². The summed E-state index contributed by atoms with van der Waals surface area (Å²) in [5, 5.41) is 11.8. The lowest BCUT2D eigenvalue weighted by molar-refractivity contribution is -0.00521. The van der Waals surface area contributed by atoms with Gasteiger partial charge in [0.05, 0.1) is 17.9 Å². The topological polar surface area (TPSA) is 60.6 Å². The van der Waals surface area contributed by atoms with Gasteiger partial charge in [-0.15, -0.1) is 0 Å². The maximum Gasteiger partial charge on any atom is 0.183 e. The molecule has 1 aromatic carbocycles. The van der Waals surface area contributed by atoms with Crippen LogP contribution >= 0.6 is 11.8 Å². The zero-order chi connectivity index (χ0) is 15.2. The number of nitriles is 1. The molecule has 0 bridgehead atoms. The summed E-state index contributed by atoms with van der Waals surface area (Å²) in [6, 6.07) is 8.06. The lowest BCUT2D eigenvalue weighted by atomic mass is 10.2. The molecule has 1 aliphatic heterocycles. The van der Waals surface area contributed by atoms with Crippen LogP contribution in [0.3, 0.4) is 0 Å². The molecule has 5 nitrogen and oxygen atoms in total. The maximum absolute atomic E-state index is 8.64. The van der Waals surface area contributed by atoms with E-state index in [0.29, 0.717) is 5.17 Å². The van der Waals surface area contributed by atoms with Crippen LogP contribution < -0.4 is 10.2 Å². The molecule has 0 aromatic heterocycles. The summed E-state index contributed by atoms with van der Waals surface area (Å²) < 4.78 is 5.75. The van der Waals surface area contributed by atoms with Crippen LogP contribution in [0, 0.1) is 11.5 Å². The average Bonchev–Trinajstić information content (AvgIpc) is 2.46. The van der Waals surface area contributed by atoms with Crippen molar-refractivity contribution in [1.82, 2.24) is 5.32 Å². The first-order chi connectivity index (χ1) is 10.1. The zero-order valence-electron chi connectivity index (χ0n) is 12.5. The largest absolute Gasteiger partial charge is 0.372 e. The van der Waals surface area contributed by atoms with Gasteiger partial charge in [-0.1, -0.05) is 11.8 Å². The quantitative estimate of drug-likeness (QED) is 0.394. The summed E-state index contributed by atoms with van der Waals surface area (Å²) >= 11 is 1.41. The Morgan fingerprint density at radius 3 is 2.48 bits per heavy atom. The fourth-order valence-electron chi connectivity index (χ4n) is 2.42. The molecule has 1 aromatic rings. The van der Waals surface area contributed by atoms with Gasteiger partial charge >= 0.3 is 0 Å². The minimum Gasteiger partial charge on any atom is -0.372 e. The van der Waals surface area contributed by atoms with Crippen molar-refractivity contribution in [2.45, 2.75) is 26.1 Å². The molecule has 0 spiro atoms. The summed E-state index contributed by atoms with van der Waals surface area (Å²) in [6.45, 7) is 6.00. The van der Waals surface area contributed by atoms with Gasteiger partial charge in [-0.25, -0.2) is 4.99 Å². The van der Waals surface area contributed by atoms with Crippen molar-refractivity contribution in [2.24, 2.45) is 4.99 Å². The van der Waals surface area contributed by atoms with Crippen molar-refractivity contribution in [1.29, 1.82) is 5.26 Å². The Morgan fingerprint density at radius 1 is 1.33 bits per heavy atom. The molecule has 1 fully saturated rings. The molecule has 1 N–H and O–H groups in total. The van der Waals surface area contributed by atoms with E-state index in [2.05, 4.69) is 41.2 Å². The van der Waals surface area contributed by atoms with Crippen molar-refractivity contribution in [3.63, 3.8) is 0 Å². The molecule has 2 unspecified atom stereocenters. The van der Waals surface area contributed by atoms with Gasteiger partial charge in [0.2, 0.25) is 0 Å². The monoisotopic (exact) mass is 304 g/mol. The highest BCUT2D eigenvalue weighted by atomic mass is 32.2. The molecule has 2 atom stereocenters. The van der Waals surface area contributed by atoms with Crippen LogP contribution in [0.4, 0.5) is 11.4 Å². The highest BCUT2D eigenvalue weighted by molar-refractivity contribution is 8.13. The second-order valence-electron chi connectivity index (χ2n) is 5.04. The lowest BCUT2D eigenvalue weighted by Crippen LogP contribution is -2.45. The van der Waals surface area contributed by atoms with E-state index in [9.17, 15) is 0 Å². The maximum atomic E-state index is 8.64. The number of amidine groups is 1. The fourth-order valence-corrected chi connectivity index (χ4v) is 2.76. The molecule has 0 amide bonds. The molecule has 0 radical (unpaired) electrons. The summed E-state index contributed by atoms with van der Waals surface area (Å²) in [5.74, 6) is 0. The van der Waals surface area contributed by atoms with Crippen LogP contribution in [0.1, 0.15) is 13.8 Å². The smallest absolute Gasteiger partial charge is 0.183 e. The number of hydrogen-bond donors (Lipinski definition) is 1.